The van der Waals surface area contributed by atoms with Crippen LogP contribution in [0.2, 0.25) is 0 Å². The van der Waals surface area contributed by atoms with Gasteiger partial charge >= 0.3 is 0 Å². The molecule has 9 heteroatoms. The van der Waals surface area contributed by atoms with E-state index in [4.69, 9.17) is 21.9 Å². The van der Waals surface area contributed by atoms with E-state index in [1.165, 1.54) is 78.3 Å². The van der Waals surface area contributed by atoms with Crippen molar-refractivity contribution >= 4 is 111 Å². The zero-order valence-corrected chi connectivity index (χ0v) is 31.9. The van der Waals surface area contributed by atoms with Gasteiger partial charge in [-0.2, -0.15) is 26.2 Å². The van der Waals surface area contributed by atoms with Crippen molar-refractivity contribution in [1.82, 2.24) is 26.2 Å². The zero-order chi connectivity index (χ0) is 36.7. The van der Waals surface area contributed by atoms with Gasteiger partial charge in [0, 0.05) is 17.0 Å². The number of benzene rings is 9. The minimum absolute atomic E-state index is 0.270. The van der Waals surface area contributed by atoms with Gasteiger partial charge in [0.05, 0.1) is 35.2 Å². The lowest BCUT2D eigenvalue weighted by Gasteiger charge is -2.21. The molecular weight excluding hydrogens is 745 g/mol. The molecule has 0 spiro atoms. The summed E-state index contributed by atoms with van der Waals surface area (Å²) in [5.74, 6) is -0.270. The number of hydrogen-bond acceptors (Lipinski definition) is 9. The summed E-state index contributed by atoms with van der Waals surface area (Å²) >= 11 is 3.74. The van der Waals surface area contributed by atoms with E-state index in [0.717, 1.165) is 72.0 Å². The number of rotatable bonds is 5. The maximum atomic E-state index is 5.04. The van der Waals surface area contributed by atoms with Gasteiger partial charge in [0.2, 0.25) is 0 Å². The van der Waals surface area contributed by atoms with Crippen LogP contribution in [-0.4, -0.2) is 26.2 Å². The van der Waals surface area contributed by atoms with Crippen LogP contribution in [0.25, 0.3) is 98.4 Å². The molecule has 0 saturated heterocycles. The van der Waals surface area contributed by atoms with E-state index in [-0.39, 0.29) is 5.92 Å². The Morgan fingerprint density at radius 3 is 1.57 bits per heavy atom. The van der Waals surface area contributed by atoms with Crippen LogP contribution in [0.15, 0.2) is 152 Å². The number of hydrogen-bond donors (Lipinski definition) is 0. The van der Waals surface area contributed by atoms with Gasteiger partial charge in [-0.05, 0) is 83.0 Å². The molecule has 0 radical (unpaired) electrons. The summed E-state index contributed by atoms with van der Waals surface area (Å²) in [4.78, 5) is 0. The minimum Gasteiger partial charge on any atom is -0.173 e. The Balaban J connectivity index is 1.10. The Kier molecular flexibility index (Phi) is 7.10. The van der Waals surface area contributed by atoms with Gasteiger partial charge in [-0.1, -0.05) is 140 Å². The van der Waals surface area contributed by atoms with Crippen LogP contribution < -0.4 is 0 Å². The van der Waals surface area contributed by atoms with Crippen molar-refractivity contribution in [2.24, 2.45) is 0 Å². The second kappa shape index (κ2) is 12.5. The summed E-state index contributed by atoms with van der Waals surface area (Å²) in [5.41, 5.74) is 12.8. The predicted octanol–water partition coefficient (Wildman–Crippen LogP) is 12.8. The minimum atomic E-state index is -0.270. The summed E-state index contributed by atoms with van der Waals surface area (Å²) < 4.78 is 29.5. The fourth-order valence-corrected chi connectivity index (χ4v) is 10.5. The normalized spacial score (nSPS) is 12.6. The second-order valence-corrected chi connectivity index (χ2v) is 15.7. The third-order valence-electron chi connectivity index (χ3n) is 11.3. The summed E-state index contributed by atoms with van der Waals surface area (Å²) in [6.07, 6.45) is 0. The van der Waals surface area contributed by atoms with Gasteiger partial charge < -0.3 is 0 Å². The van der Waals surface area contributed by atoms with Gasteiger partial charge in [0.1, 0.15) is 33.1 Å². The highest BCUT2D eigenvalue weighted by Crippen LogP contribution is 2.46. The van der Waals surface area contributed by atoms with E-state index in [9.17, 15) is 0 Å². The first-order chi connectivity index (χ1) is 27.8. The molecule has 56 heavy (non-hydrogen) atoms. The van der Waals surface area contributed by atoms with Gasteiger partial charge in [-0.3, -0.25) is 0 Å². The summed E-state index contributed by atoms with van der Waals surface area (Å²) in [6.45, 7) is 0. The van der Waals surface area contributed by atoms with Gasteiger partial charge in [0.15, 0.2) is 0 Å². The summed E-state index contributed by atoms with van der Waals surface area (Å²) in [5, 5.41) is 9.72. The molecule has 6 nitrogen and oxygen atoms in total. The number of aromatic nitrogens is 6. The van der Waals surface area contributed by atoms with Crippen LogP contribution in [0.3, 0.4) is 0 Å². The number of nitrogens with zero attached hydrogens (tertiary/aromatic N) is 6. The van der Waals surface area contributed by atoms with E-state index < -0.39 is 0 Å². The molecule has 3 aromatic heterocycles. The zero-order valence-electron chi connectivity index (χ0n) is 29.4. The highest BCUT2D eigenvalue weighted by molar-refractivity contribution is 7.00. The molecule has 12 aromatic rings. The van der Waals surface area contributed by atoms with Gasteiger partial charge in [-0.15, -0.1) is 0 Å². The molecule has 0 amide bonds. The van der Waals surface area contributed by atoms with E-state index in [2.05, 4.69) is 150 Å². The lowest BCUT2D eigenvalue weighted by molar-refractivity contribution is 1.00. The lowest BCUT2D eigenvalue weighted by atomic mass is 9.81. The molecular formula is C47H26N6S3. The molecule has 12 rings (SSSR count). The van der Waals surface area contributed by atoms with Crippen LogP contribution in [0.4, 0.5) is 0 Å². The van der Waals surface area contributed by atoms with Crippen LogP contribution in [-0.2, 0) is 0 Å². The molecule has 0 aliphatic heterocycles. The Hall–Kier alpha value is -6.52. The molecule has 262 valence electrons. The summed E-state index contributed by atoms with van der Waals surface area (Å²) in [6, 6.07) is 54.3. The van der Waals surface area contributed by atoms with Crippen molar-refractivity contribution in [2.45, 2.75) is 5.92 Å². The maximum absolute atomic E-state index is 5.04. The molecule has 0 fully saturated rings. The Morgan fingerprint density at radius 2 is 0.821 bits per heavy atom. The lowest BCUT2D eigenvalue weighted by Crippen LogP contribution is -2.07. The van der Waals surface area contributed by atoms with Crippen LogP contribution in [0, 0.1) is 0 Å². The molecule has 1 unspecified atom stereocenters. The average molecular weight is 771 g/mol. The SMILES string of the molecule is c1ccc2c(c1)ccc1c(-c3ccc(C(c4cccc5nsnc45)c4ccc(-c5cc6ccccc6c6ccccc56)c5nsnc45)c4nsnc34)cccc12. The topological polar surface area (TPSA) is 77.3 Å². The van der Waals surface area contributed by atoms with Crippen molar-refractivity contribution in [2.75, 3.05) is 0 Å². The summed E-state index contributed by atoms with van der Waals surface area (Å²) in [7, 11) is 0. The van der Waals surface area contributed by atoms with Crippen LogP contribution in [0.1, 0.15) is 22.6 Å². The molecule has 3 heterocycles. The Bertz CT molecular complexity index is 3530. The van der Waals surface area contributed by atoms with Crippen molar-refractivity contribution in [1.29, 1.82) is 0 Å². The molecule has 1 atom stereocenters. The van der Waals surface area contributed by atoms with E-state index >= 15 is 0 Å². The standard InChI is InChI=1S/C47H26N6S3/c1-3-11-28-26(9-1)19-20-34-31(28)15-7-16-32(34)35-21-23-38(46-44(35)50-55-52-46)42(37-17-8-18-41-43(37)49-54-48-41)39-24-22-36(45-47(39)53-56-51-45)40-25-27-10-2-4-12-29(27)30-13-5-6-14-33(30)40/h1-25,42H. The largest absolute Gasteiger partial charge is 0.173 e. The average Bonchev–Trinajstić information content (AvgIpc) is 4.06. The highest BCUT2D eigenvalue weighted by Gasteiger charge is 2.29. The van der Waals surface area contributed by atoms with Crippen molar-refractivity contribution < 1.29 is 0 Å². The third kappa shape index (κ3) is 4.72. The molecule has 0 saturated carbocycles. The van der Waals surface area contributed by atoms with Gasteiger partial charge in [-0.25, -0.2) is 0 Å². The smallest absolute Gasteiger partial charge is 0.112 e. The Morgan fingerprint density at radius 1 is 0.304 bits per heavy atom. The Labute approximate surface area is 332 Å². The monoisotopic (exact) mass is 770 g/mol. The molecule has 0 N–H and O–H groups in total. The van der Waals surface area contributed by atoms with Crippen molar-refractivity contribution in [3.05, 3.63) is 168 Å². The first-order valence-corrected chi connectivity index (χ1v) is 20.5. The maximum Gasteiger partial charge on any atom is 0.112 e. The number of fused-ring (bicyclic) bond motifs is 9. The van der Waals surface area contributed by atoms with Gasteiger partial charge in [0.25, 0.3) is 0 Å². The fourth-order valence-electron chi connectivity index (χ4n) is 8.79. The van der Waals surface area contributed by atoms with E-state index in [1.807, 2.05) is 6.07 Å². The molecule has 0 aliphatic rings. The second-order valence-electron chi connectivity index (χ2n) is 14.1. The predicted molar refractivity (Wildman–Crippen MR) is 234 cm³/mol. The molecule has 9 aromatic carbocycles. The van der Waals surface area contributed by atoms with E-state index in [1.54, 1.807) is 0 Å². The first kappa shape index (κ1) is 31.8. The highest BCUT2D eigenvalue weighted by atomic mass is 32.1. The molecule has 0 bridgehead atoms. The van der Waals surface area contributed by atoms with E-state index in [0.29, 0.717) is 0 Å². The van der Waals surface area contributed by atoms with Crippen molar-refractivity contribution in [3.63, 3.8) is 0 Å². The first-order valence-electron chi connectivity index (χ1n) is 18.3. The van der Waals surface area contributed by atoms with Crippen LogP contribution in [0.5, 0.6) is 0 Å². The quantitative estimate of drug-likeness (QED) is 0.128. The van der Waals surface area contributed by atoms with Crippen molar-refractivity contribution in [3.8, 4) is 22.3 Å². The molecule has 0 aliphatic carbocycles. The third-order valence-corrected chi connectivity index (χ3v) is 12.9. The fraction of sp³-hybridized carbons (Fsp3) is 0.0213. The van der Waals surface area contributed by atoms with Crippen LogP contribution >= 0.6 is 35.2 Å².